The van der Waals surface area contributed by atoms with E-state index >= 15 is 0 Å². The zero-order valence-electron chi connectivity index (χ0n) is 9.87. The molecule has 2 heterocycles. The normalized spacial score (nSPS) is 17.1. The summed E-state index contributed by atoms with van der Waals surface area (Å²) < 4.78 is 37.2. The maximum absolute atomic E-state index is 12.4. The van der Waals surface area contributed by atoms with Crippen LogP contribution in [0.4, 0.5) is 19.1 Å². The highest BCUT2D eigenvalue weighted by Gasteiger charge is 2.32. The zero-order chi connectivity index (χ0) is 13.0. The molecule has 2 rings (SSSR count). The fraction of sp³-hybridized carbons (Fsp3) is 0.636. The monoisotopic (exact) mass is 260 g/mol. The van der Waals surface area contributed by atoms with Crippen LogP contribution in [0.25, 0.3) is 0 Å². The molecule has 1 aromatic rings. The van der Waals surface area contributed by atoms with Crippen LogP contribution in [0.1, 0.15) is 18.5 Å². The van der Waals surface area contributed by atoms with Gasteiger partial charge in [0, 0.05) is 19.3 Å². The summed E-state index contributed by atoms with van der Waals surface area (Å²) in [6.45, 7) is 3.48. The molecule has 0 saturated carbocycles. The standard InChI is InChI=1S/C11H15F3N4/c12-11(13,14)9-3-4-15-10(17-9)16-5-8-18-6-1-2-7-18/h3-4H,1-2,5-8H2,(H,15,16,17). The summed E-state index contributed by atoms with van der Waals surface area (Å²) in [6.07, 6.45) is -0.914. The lowest BCUT2D eigenvalue weighted by Crippen LogP contribution is -2.26. The number of halogens is 3. The lowest BCUT2D eigenvalue weighted by Gasteiger charge is -2.14. The average Bonchev–Trinajstić information content (AvgIpc) is 2.81. The molecule has 4 nitrogen and oxygen atoms in total. The molecule has 0 aromatic carbocycles. The van der Waals surface area contributed by atoms with Gasteiger partial charge in [-0.15, -0.1) is 0 Å². The van der Waals surface area contributed by atoms with Gasteiger partial charge in [-0.1, -0.05) is 0 Å². The van der Waals surface area contributed by atoms with Crippen LogP contribution in [-0.2, 0) is 6.18 Å². The van der Waals surface area contributed by atoms with Crippen molar-refractivity contribution in [2.45, 2.75) is 19.0 Å². The Hall–Kier alpha value is -1.37. The summed E-state index contributed by atoms with van der Waals surface area (Å²) >= 11 is 0. The maximum Gasteiger partial charge on any atom is 0.433 e. The van der Waals surface area contributed by atoms with Crippen molar-refractivity contribution < 1.29 is 13.2 Å². The van der Waals surface area contributed by atoms with Crippen LogP contribution < -0.4 is 5.32 Å². The second-order valence-corrected chi connectivity index (χ2v) is 4.24. The Labute approximate surface area is 103 Å². The van der Waals surface area contributed by atoms with Gasteiger partial charge in [-0.05, 0) is 32.0 Å². The lowest BCUT2D eigenvalue weighted by atomic mass is 10.4. The number of nitrogens with one attached hydrogen (secondary N) is 1. The number of likely N-dealkylation sites (tertiary alicyclic amines) is 1. The van der Waals surface area contributed by atoms with Gasteiger partial charge in [0.1, 0.15) is 5.69 Å². The fourth-order valence-electron chi connectivity index (χ4n) is 1.93. The van der Waals surface area contributed by atoms with Crippen molar-refractivity contribution in [1.82, 2.24) is 14.9 Å². The van der Waals surface area contributed by atoms with E-state index in [9.17, 15) is 13.2 Å². The van der Waals surface area contributed by atoms with E-state index in [2.05, 4.69) is 20.2 Å². The fourth-order valence-corrected chi connectivity index (χ4v) is 1.93. The molecule has 0 amide bonds. The molecule has 18 heavy (non-hydrogen) atoms. The second-order valence-electron chi connectivity index (χ2n) is 4.24. The van der Waals surface area contributed by atoms with Crippen molar-refractivity contribution in [3.63, 3.8) is 0 Å². The molecular weight excluding hydrogens is 245 g/mol. The second kappa shape index (κ2) is 5.51. The molecule has 1 aliphatic rings. The zero-order valence-corrected chi connectivity index (χ0v) is 9.87. The Morgan fingerprint density at radius 3 is 2.67 bits per heavy atom. The molecule has 1 N–H and O–H groups in total. The number of nitrogens with zero attached hydrogens (tertiary/aromatic N) is 3. The van der Waals surface area contributed by atoms with Crippen molar-refractivity contribution >= 4 is 5.95 Å². The molecule has 1 fully saturated rings. The minimum Gasteiger partial charge on any atom is -0.353 e. The van der Waals surface area contributed by atoms with Crippen LogP contribution in [0, 0.1) is 0 Å². The maximum atomic E-state index is 12.4. The van der Waals surface area contributed by atoms with Gasteiger partial charge in [0.25, 0.3) is 0 Å². The van der Waals surface area contributed by atoms with Gasteiger partial charge in [-0.3, -0.25) is 0 Å². The smallest absolute Gasteiger partial charge is 0.353 e. The van der Waals surface area contributed by atoms with Crippen LogP contribution in [0.3, 0.4) is 0 Å². The number of alkyl halides is 3. The Kier molecular flexibility index (Phi) is 4.00. The number of anilines is 1. The predicted molar refractivity (Wildman–Crippen MR) is 61.2 cm³/mol. The summed E-state index contributed by atoms with van der Waals surface area (Å²) in [5, 5.41) is 2.82. The van der Waals surface area contributed by atoms with E-state index in [4.69, 9.17) is 0 Å². The molecule has 0 bridgehead atoms. The van der Waals surface area contributed by atoms with Crippen LogP contribution in [0.5, 0.6) is 0 Å². The van der Waals surface area contributed by atoms with Gasteiger partial charge < -0.3 is 10.2 Å². The molecule has 0 atom stereocenters. The minimum absolute atomic E-state index is 0.0315. The number of aromatic nitrogens is 2. The minimum atomic E-state index is -4.42. The molecule has 0 aliphatic carbocycles. The molecule has 0 spiro atoms. The van der Waals surface area contributed by atoms with E-state index < -0.39 is 11.9 Å². The average molecular weight is 260 g/mol. The third kappa shape index (κ3) is 3.56. The van der Waals surface area contributed by atoms with Crippen LogP contribution in [0.15, 0.2) is 12.3 Å². The van der Waals surface area contributed by atoms with E-state index in [1.54, 1.807) is 0 Å². The van der Waals surface area contributed by atoms with Crippen molar-refractivity contribution in [2.24, 2.45) is 0 Å². The van der Waals surface area contributed by atoms with Crippen molar-refractivity contribution in [3.05, 3.63) is 18.0 Å². The van der Waals surface area contributed by atoms with Crippen molar-refractivity contribution in [3.8, 4) is 0 Å². The van der Waals surface area contributed by atoms with E-state index in [-0.39, 0.29) is 5.95 Å². The van der Waals surface area contributed by atoms with Gasteiger partial charge >= 0.3 is 6.18 Å². The van der Waals surface area contributed by atoms with Gasteiger partial charge in [-0.25, -0.2) is 9.97 Å². The third-order valence-corrected chi connectivity index (χ3v) is 2.86. The summed E-state index contributed by atoms with van der Waals surface area (Å²) in [6, 6.07) is 0.867. The number of hydrogen-bond donors (Lipinski definition) is 1. The van der Waals surface area contributed by atoms with Crippen LogP contribution in [-0.4, -0.2) is 41.0 Å². The van der Waals surface area contributed by atoms with Crippen LogP contribution in [0.2, 0.25) is 0 Å². The molecule has 0 radical (unpaired) electrons. The van der Waals surface area contributed by atoms with E-state index in [1.165, 1.54) is 12.8 Å². The third-order valence-electron chi connectivity index (χ3n) is 2.86. The predicted octanol–water partition coefficient (Wildman–Crippen LogP) is 2.00. The molecule has 7 heteroatoms. The summed E-state index contributed by atoms with van der Waals surface area (Å²) in [5.74, 6) is 0.0315. The quantitative estimate of drug-likeness (QED) is 0.899. The first-order chi connectivity index (χ1) is 8.55. The summed E-state index contributed by atoms with van der Waals surface area (Å²) in [4.78, 5) is 9.48. The molecule has 1 saturated heterocycles. The molecule has 0 unspecified atom stereocenters. The Morgan fingerprint density at radius 1 is 1.28 bits per heavy atom. The number of rotatable bonds is 4. The van der Waals surface area contributed by atoms with Gasteiger partial charge in [-0.2, -0.15) is 13.2 Å². The summed E-state index contributed by atoms with van der Waals surface area (Å²) in [5.41, 5.74) is -0.916. The number of hydrogen-bond acceptors (Lipinski definition) is 4. The van der Waals surface area contributed by atoms with Crippen molar-refractivity contribution in [2.75, 3.05) is 31.5 Å². The SMILES string of the molecule is FC(F)(F)c1ccnc(NCCN2CCCC2)n1. The first kappa shape index (κ1) is 13.1. The Balaban J connectivity index is 1.85. The highest BCUT2D eigenvalue weighted by molar-refractivity contribution is 5.25. The van der Waals surface area contributed by atoms with E-state index in [1.807, 2.05) is 0 Å². The molecular formula is C11H15F3N4. The first-order valence-corrected chi connectivity index (χ1v) is 5.92. The largest absolute Gasteiger partial charge is 0.433 e. The van der Waals surface area contributed by atoms with Gasteiger partial charge in [0.15, 0.2) is 0 Å². The molecule has 1 aromatic heterocycles. The molecule has 1 aliphatic heterocycles. The Bertz CT molecular complexity index is 388. The topological polar surface area (TPSA) is 41.1 Å². The lowest BCUT2D eigenvalue weighted by molar-refractivity contribution is -0.141. The van der Waals surface area contributed by atoms with E-state index in [0.717, 1.165) is 31.9 Å². The highest BCUT2D eigenvalue weighted by Crippen LogP contribution is 2.27. The summed E-state index contributed by atoms with van der Waals surface area (Å²) in [7, 11) is 0. The molecule has 100 valence electrons. The highest BCUT2D eigenvalue weighted by atomic mass is 19.4. The van der Waals surface area contributed by atoms with Gasteiger partial charge in [0.05, 0.1) is 0 Å². The van der Waals surface area contributed by atoms with E-state index in [0.29, 0.717) is 6.54 Å². The van der Waals surface area contributed by atoms with Crippen molar-refractivity contribution in [1.29, 1.82) is 0 Å². The first-order valence-electron chi connectivity index (χ1n) is 5.92. The van der Waals surface area contributed by atoms with Crippen LogP contribution >= 0.6 is 0 Å². The Morgan fingerprint density at radius 2 is 2.00 bits per heavy atom. The van der Waals surface area contributed by atoms with Gasteiger partial charge in [0.2, 0.25) is 5.95 Å².